The molecular formula is C30H31N5O2S. The van der Waals surface area contributed by atoms with Crippen LogP contribution < -0.4 is 15.5 Å². The summed E-state index contributed by atoms with van der Waals surface area (Å²) < 4.78 is 7.22. The zero-order valence-electron chi connectivity index (χ0n) is 21.9. The Morgan fingerprint density at radius 3 is 2.50 bits per heavy atom. The summed E-state index contributed by atoms with van der Waals surface area (Å²) in [6.45, 7) is 6.41. The molecule has 3 heterocycles. The summed E-state index contributed by atoms with van der Waals surface area (Å²) in [6, 6.07) is 24.2. The highest BCUT2D eigenvalue weighted by atomic mass is 32.1. The number of pyridine rings is 1. The van der Waals surface area contributed by atoms with Crippen LogP contribution in [0.15, 0.2) is 79.0 Å². The molecule has 194 valence electrons. The third kappa shape index (κ3) is 4.92. The molecule has 5 rings (SSSR count). The van der Waals surface area contributed by atoms with E-state index in [-0.39, 0.29) is 24.6 Å². The minimum Gasteiger partial charge on any atom is -0.375 e. The van der Waals surface area contributed by atoms with Crippen molar-refractivity contribution in [2.45, 2.75) is 32.9 Å². The molecule has 1 aliphatic rings. The number of ether oxygens (including phenoxy) is 1. The molecule has 2 N–H and O–H groups in total. The second-order valence-electron chi connectivity index (χ2n) is 9.53. The normalized spacial score (nSPS) is 16.9. The van der Waals surface area contributed by atoms with E-state index in [0.29, 0.717) is 10.8 Å². The number of hydrogen-bond donors (Lipinski definition) is 2. The van der Waals surface area contributed by atoms with Crippen LogP contribution in [-0.2, 0) is 9.53 Å². The number of rotatable bonds is 7. The molecular weight excluding hydrogens is 494 g/mol. The third-order valence-electron chi connectivity index (χ3n) is 6.85. The molecule has 0 radical (unpaired) electrons. The second kappa shape index (κ2) is 10.8. The number of nitrogens with one attached hydrogen (secondary N) is 2. The Bertz CT molecular complexity index is 1470. The predicted octanol–water partition coefficient (Wildman–Crippen LogP) is 5.56. The molecule has 0 spiro atoms. The van der Waals surface area contributed by atoms with Crippen LogP contribution in [0.5, 0.6) is 0 Å². The van der Waals surface area contributed by atoms with Gasteiger partial charge in [0.05, 0.1) is 17.8 Å². The SMILES string of the molecule is COCC(=O)Nc1ccc(N2C(=S)N[C@H](c3ccccn3)[C@H]2c2cc(C)n(-c3cccc(C)c3)c2C)cc1. The average Bonchev–Trinajstić information content (AvgIpc) is 3.40. The average molecular weight is 526 g/mol. The van der Waals surface area contributed by atoms with Gasteiger partial charge < -0.3 is 24.8 Å². The lowest BCUT2D eigenvalue weighted by Gasteiger charge is -2.28. The molecule has 7 nitrogen and oxygen atoms in total. The van der Waals surface area contributed by atoms with Gasteiger partial charge >= 0.3 is 0 Å². The lowest BCUT2D eigenvalue weighted by molar-refractivity contribution is -0.119. The molecule has 38 heavy (non-hydrogen) atoms. The number of aryl methyl sites for hydroxylation is 2. The lowest BCUT2D eigenvalue weighted by Crippen LogP contribution is -2.29. The highest BCUT2D eigenvalue weighted by Crippen LogP contribution is 2.44. The number of thiocarbonyl (C=S) groups is 1. The smallest absolute Gasteiger partial charge is 0.250 e. The molecule has 8 heteroatoms. The first kappa shape index (κ1) is 25.6. The molecule has 1 saturated heterocycles. The van der Waals surface area contributed by atoms with Crippen molar-refractivity contribution in [1.29, 1.82) is 0 Å². The van der Waals surface area contributed by atoms with E-state index < -0.39 is 0 Å². The van der Waals surface area contributed by atoms with Gasteiger partial charge in [0.15, 0.2) is 5.11 Å². The van der Waals surface area contributed by atoms with Crippen molar-refractivity contribution in [3.05, 3.63) is 107 Å². The van der Waals surface area contributed by atoms with Crippen molar-refractivity contribution in [3.8, 4) is 5.69 Å². The predicted molar refractivity (Wildman–Crippen MR) is 155 cm³/mol. The molecule has 0 bridgehead atoms. The summed E-state index contributed by atoms with van der Waals surface area (Å²) in [5.74, 6) is -0.199. The van der Waals surface area contributed by atoms with Gasteiger partial charge in [-0.15, -0.1) is 0 Å². The molecule has 1 fully saturated rings. The van der Waals surface area contributed by atoms with Crippen LogP contribution in [0.1, 0.15) is 40.3 Å². The Kier molecular flexibility index (Phi) is 7.26. The van der Waals surface area contributed by atoms with Crippen molar-refractivity contribution in [1.82, 2.24) is 14.9 Å². The van der Waals surface area contributed by atoms with Crippen molar-refractivity contribution < 1.29 is 9.53 Å². The number of nitrogens with zero attached hydrogens (tertiary/aromatic N) is 3. The van der Waals surface area contributed by atoms with Gasteiger partial charge in [0.25, 0.3) is 0 Å². The van der Waals surface area contributed by atoms with Crippen LogP contribution in [0, 0.1) is 20.8 Å². The van der Waals surface area contributed by atoms with Crippen molar-refractivity contribution in [2.75, 3.05) is 23.9 Å². The summed E-state index contributed by atoms with van der Waals surface area (Å²) in [5, 5.41) is 7.01. The highest BCUT2D eigenvalue weighted by molar-refractivity contribution is 7.80. The molecule has 2 aromatic heterocycles. The number of anilines is 2. The maximum Gasteiger partial charge on any atom is 0.250 e. The molecule has 4 aromatic rings. The minimum absolute atomic E-state index is 0.00622. The summed E-state index contributed by atoms with van der Waals surface area (Å²) in [5.41, 5.74) is 8.37. The van der Waals surface area contributed by atoms with Crippen LogP contribution in [0.2, 0.25) is 0 Å². The first-order chi connectivity index (χ1) is 18.4. The van der Waals surface area contributed by atoms with Gasteiger partial charge in [0.1, 0.15) is 6.61 Å². The van der Waals surface area contributed by atoms with Gasteiger partial charge in [-0.05, 0) is 98.7 Å². The largest absolute Gasteiger partial charge is 0.375 e. The molecule has 0 unspecified atom stereocenters. The minimum atomic E-state index is -0.199. The van der Waals surface area contributed by atoms with Crippen LogP contribution in [0.4, 0.5) is 11.4 Å². The van der Waals surface area contributed by atoms with Crippen molar-refractivity contribution in [3.63, 3.8) is 0 Å². The van der Waals surface area contributed by atoms with Gasteiger partial charge in [-0.1, -0.05) is 18.2 Å². The topological polar surface area (TPSA) is 71.4 Å². The Morgan fingerprint density at radius 2 is 1.82 bits per heavy atom. The second-order valence-corrected chi connectivity index (χ2v) is 9.91. The number of methoxy groups -OCH3 is 1. The molecule has 0 aliphatic carbocycles. The first-order valence-corrected chi connectivity index (χ1v) is 12.9. The molecule has 1 amide bonds. The molecule has 0 saturated carbocycles. The quantitative estimate of drug-likeness (QED) is 0.308. The van der Waals surface area contributed by atoms with Crippen LogP contribution in [0.25, 0.3) is 5.69 Å². The third-order valence-corrected chi connectivity index (χ3v) is 7.17. The number of benzene rings is 2. The van der Waals surface area contributed by atoms with E-state index in [4.69, 9.17) is 17.0 Å². The Morgan fingerprint density at radius 1 is 1.03 bits per heavy atom. The Labute approximate surface area is 228 Å². The fraction of sp³-hybridized carbons (Fsp3) is 0.233. The van der Waals surface area contributed by atoms with E-state index in [1.54, 1.807) is 0 Å². The van der Waals surface area contributed by atoms with Crippen LogP contribution >= 0.6 is 12.2 Å². The summed E-state index contributed by atoms with van der Waals surface area (Å²) in [7, 11) is 1.50. The molecule has 1 aliphatic heterocycles. The number of carbonyl (C=O) groups is 1. The number of carbonyl (C=O) groups excluding carboxylic acids is 1. The maximum atomic E-state index is 12.0. The van der Waals surface area contributed by atoms with Gasteiger partial charge in [0.2, 0.25) is 5.91 Å². The van der Waals surface area contributed by atoms with Gasteiger partial charge in [0, 0.05) is 41.8 Å². The van der Waals surface area contributed by atoms with E-state index in [9.17, 15) is 4.79 Å². The van der Waals surface area contributed by atoms with Gasteiger partial charge in [-0.2, -0.15) is 0 Å². The molecule has 2 aromatic carbocycles. The van der Waals surface area contributed by atoms with Gasteiger partial charge in [-0.25, -0.2) is 0 Å². The Balaban J connectivity index is 1.58. The number of aromatic nitrogens is 2. The van der Waals surface area contributed by atoms with Crippen molar-refractivity contribution >= 4 is 34.6 Å². The lowest BCUT2D eigenvalue weighted by atomic mass is 9.96. The summed E-state index contributed by atoms with van der Waals surface area (Å²) in [6.07, 6.45) is 1.81. The number of hydrogen-bond acceptors (Lipinski definition) is 4. The van der Waals surface area contributed by atoms with Crippen molar-refractivity contribution in [2.24, 2.45) is 0 Å². The summed E-state index contributed by atoms with van der Waals surface area (Å²) in [4.78, 5) is 18.8. The number of amides is 1. The van der Waals surface area contributed by atoms with Crippen LogP contribution in [-0.4, -0.2) is 34.3 Å². The van der Waals surface area contributed by atoms with E-state index >= 15 is 0 Å². The fourth-order valence-electron chi connectivity index (χ4n) is 5.23. The highest BCUT2D eigenvalue weighted by Gasteiger charge is 2.42. The van der Waals surface area contributed by atoms with Crippen LogP contribution in [0.3, 0.4) is 0 Å². The fourth-order valence-corrected chi connectivity index (χ4v) is 5.58. The standard InChI is InChI=1S/C30H31N5O2S/c1-19-8-7-9-24(16-19)34-20(2)17-25(21(34)3)29-28(26-10-5-6-15-31-26)33-30(38)35(29)23-13-11-22(12-14-23)32-27(36)18-37-4/h5-17,28-29H,18H2,1-4H3,(H,32,36)(H,33,38)/t28-,29-/m1/s1. The zero-order valence-corrected chi connectivity index (χ0v) is 22.8. The van der Waals surface area contributed by atoms with E-state index in [2.05, 4.69) is 76.2 Å². The first-order valence-electron chi connectivity index (χ1n) is 12.5. The molecule has 2 atom stereocenters. The van der Waals surface area contributed by atoms with E-state index in [0.717, 1.165) is 28.5 Å². The monoisotopic (exact) mass is 525 g/mol. The summed E-state index contributed by atoms with van der Waals surface area (Å²) >= 11 is 5.90. The maximum absolute atomic E-state index is 12.0. The van der Waals surface area contributed by atoms with E-state index in [1.165, 1.54) is 18.2 Å². The Hall–Kier alpha value is -4.01. The van der Waals surface area contributed by atoms with E-state index in [1.807, 2.05) is 48.7 Å². The van der Waals surface area contributed by atoms with Gasteiger partial charge in [-0.3, -0.25) is 9.78 Å². The zero-order chi connectivity index (χ0) is 26.8.